The molecule has 39 heavy (non-hydrogen) atoms. The first-order valence-corrected chi connectivity index (χ1v) is 12.9. The molecule has 1 aliphatic heterocycles. The number of rotatable bonds is 8. The summed E-state index contributed by atoms with van der Waals surface area (Å²) < 4.78 is 18.2. The smallest absolute Gasteiger partial charge is 0.254 e. The van der Waals surface area contributed by atoms with E-state index in [-0.39, 0.29) is 11.8 Å². The van der Waals surface area contributed by atoms with Gasteiger partial charge in [0.25, 0.3) is 5.91 Å². The normalized spacial score (nSPS) is 16.7. The molecule has 1 N–H and O–H groups in total. The Bertz CT molecular complexity index is 1550. The SMILES string of the molecule is COCCN1C(=O)c2ccccc2C(C(=O)Nc2cc(Cl)c(OC)cc2OC)C1c1cn(C)c2ccccc12. The molecule has 9 heteroatoms. The third-order valence-electron chi connectivity index (χ3n) is 7.24. The van der Waals surface area contributed by atoms with Crippen molar-refractivity contribution in [2.75, 3.05) is 39.8 Å². The molecule has 0 saturated carbocycles. The molecule has 0 saturated heterocycles. The topological polar surface area (TPSA) is 82.0 Å². The largest absolute Gasteiger partial charge is 0.495 e. The number of fused-ring (bicyclic) bond motifs is 2. The van der Waals surface area contributed by atoms with Crippen LogP contribution in [0.3, 0.4) is 0 Å². The summed E-state index contributed by atoms with van der Waals surface area (Å²) in [7, 11) is 6.58. The van der Waals surface area contributed by atoms with Gasteiger partial charge in [-0.2, -0.15) is 0 Å². The third-order valence-corrected chi connectivity index (χ3v) is 7.53. The van der Waals surface area contributed by atoms with Gasteiger partial charge in [0.05, 0.1) is 43.5 Å². The van der Waals surface area contributed by atoms with E-state index in [1.54, 1.807) is 30.2 Å². The molecule has 5 rings (SSSR count). The first-order chi connectivity index (χ1) is 18.9. The average molecular weight is 548 g/mol. The number of methoxy groups -OCH3 is 3. The van der Waals surface area contributed by atoms with Crippen molar-refractivity contribution < 1.29 is 23.8 Å². The molecular formula is C30H30ClN3O5. The van der Waals surface area contributed by atoms with Gasteiger partial charge in [0.2, 0.25) is 5.91 Å². The summed E-state index contributed by atoms with van der Waals surface area (Å²) in [6, 6.07) is 17.9. The standard InChI is InChI=1S/C30H30ClN3O5/c1-33-17-21(18-9-7-8-12-24(18)33)28-27(19-10-5-6-11-20(19)30(36)34(28)13-14-37-2)29(35)32-23-15-22(31)25(38-3)16-26(23)39-4/h5-12,15-17,27-28H,13-14H2,1-4H3,(H,32,35). The lowest BCUT2D eigenvalue weighted by Crippen LogP contribution is -2.47. The van der Waals surface area contributed by atoms with Crippen molar-refractivity contribution in [3.8, 4) is 11.5 Å². The van der Waals surface area contributed by atoms with Crippen LogP contribution >= 0.6 is 11.6 Å². The van der Waals surface area contributed by atoms with Gasteiger partial charge in [-0.15, -0.1) is 0 Å². The van der Waals surface area contributed by atoms with Gasteiger partial charge in [-0.3, -0.25) is 9.59 Å². The molecule has 1 aromatic heterocycles. The molecular weight excluding hydrogens is 518 g/mol. The lowest BCUT2D eigenvalue weighted by atomic mass is 9.79. The van der Waals surface area contributed by atoms with E-state index >= 15 is 0 Å². The number of carbonyl (C=O) groups excluding carboxylic acids is 2. The molecule has 2 amide bonds. The molecule has 202 valence electrons. The fraction of sp³-hybridized carbons (Fsp3) is 0.267. The Hall–Kier alpha value is -4.01. The van der Waals surface area contributed by atoms with Gasteiger partial charge < -0.3 is 29.0 Å². The van der Waals surface area contributed by atoms with Crippen LogP contribution in [-0.2, 0) is 16.6 Å². The first kappa shape index (κ1) is 26.6. The van der Waals surface area contributed by atoms with Crippen molar-refractivity contribution in [2.24, 2.45) is 7.05 Å². The number of benzene rings is 3. The monoisotopic (exact) mass is 547 g/mol. The van der Waals surface area contributed by atoms with E-state index in [9.17, 15) is 9.59 Å². The highest BCUT2D eigenvalue weighted by Crippen LogP contribution is 2.46. The maximum absolute atomic E-state index is 14.3. The van der Waals surface area contributed by atoms with E-state index in [0.29, 0.717) is 46.5 Å². The zero-order valence-corrected chi connectivity index (χ0v) is 23.0. The third kappa shape index (κ3) is 4.70. The van der Waals surface area contributed by atoms with E-state index in [2.05, 4.69) is 5.32 Å². The number of aromatic nitrogens is 1. The van der Waals surface area contributed by atoms with Crippen LogP contribution in [0.2, 0.25) is 5.02 Å². The zero-order chi connectivity index (χ0) is 27.7. The minimum Gasteiger partial charge on any atom is -0.495 e. The van der Waals surface area contributed by atoms with Crippen molar-refractivity contribution in [1.82, 2.24) is 9.47 Å². The van der Waals surface area contributed by atoms with Crippen LogP contribution in [-0.4, -0.2) is 55.8 Å². The van der Waals surface area contributed by atoms with Crippen LogP contribution < -0.4 is 14.8 Å². The Balaban J connectivity index is 1.69. The van der Waals surface area contributed by atoms with E-state index in [1.807, 2.05) is 60.3 Å². The predicted octanol–water partition coefficient (Wildman–Crippen LogP) is 5.41. The van der Waals surface area contributed by atoms with Crippen molar-refractivity contribution in [1.29, 1.82) is 0 Å². The molecule has 1 aliphatic rings. The summed E-state index contributed by atoms with van der Waals surface area (Å²) in [6.45, 7) is 0.643. The van der Waals surface area contributed by atoms with Crippen molar-refractivity contribution >= 4 is 40.0 Å². The number of ether oxygens (including phenoxy) is 3. The molecule has 4 aromatic rings. The Morgan fingerprint density at radius 3 is 2.44 bits per heavy atom. The number of nitrogens with zero attached hydrogens (tertiary/aromatic N) is 2. The summed E-state index contributed by atoms with van der Waals surface area (Å²) in [6.07, 6.45) is 2.00. The van der Waals surface area contributed by atoms with Gasteiger partial charge in [0.15, 0.2) is 0 Å². The predicted molar refractivity (Wildman–Crippen MR) is 151 cm³/mol. The van der Waals surface area contributed by atoms with Crippen LogP contribution in [0.25, 0.3) is 10.9 Å². The number of halogens is 1. The lowest BCUT2D eigenvalue weighted by molar-refractivity contribution is -0.119. The van der Waals surface area contributed by atoms with E-state index in [1.165, 1.54) is 14.2 Å². The average Bonchev–Trinajstić information content (AvgIpc) is 3.28. The second-order valence-electron chi connectivity index (χ2n) is 9.39. The number of para-hydroxylation sites is 1. The minimum atomic E-state index is -0.729. The number of aryl methyl sites for hydroxylation is 1. The summed E-state index contributed by atoms with van der Waals surface area (Å²) in [5.41, 5.74) is 3.44. The number of anilines is 1. The van der Waals surface area contributed by atoms with Crippen molar-refractivity contribution in [3.63, 3.8) is 0 Å². The minimum absolute atomic E-state index is 0.144. The zero-order valence-electron chi connectivity index (χ0n) is 22.2. The van der Waals surface area contributed by atoms with Gasteiger partial charge in [-0.1, -0.05) is 48.0 Å². The van der Waals surface area contributed by atoms with Gasteiger partial charge in [0, 0.05) is 55.0 Å². The summed E-state index contributed by atoms with van der Waals surface area (Å²) in [4.78, 5) is 29.9. The van der Waals surface area contributed by atoms with Crippen LogP contribution in [0.1, 0.15) is 33.4 Å². The first-order valence-electron chi connectivity index (χ1n) is 12.5. The van der Waals surface area contributed by atoms with Crippen LogP contribution in [0.5, 0.6) is 11.5 Å². The van der Waals surface area contributed by atoms with E-state index in [0.717, 1.165) is 16.5 Å². The van der Waals surface area contributed by atoms with Crippen LogP contribution in [0.15, 0.2) is 66.9 Å². The molecule has 3 aromatic carbocycles. The quantitative estimate of drug-likeness (QED) is 0.319. The maximum atomic E-state index is 14.3. The molecule has 0 radical (unpaired) electrons. The van der Waals surface area contributed by atoms with Crippen LogP contribution in [0, 0.1) is 0 Å². The second-order valence-corrected chi connectivity index (χ2v) is 9.80. The van der Waals surface area contributed by atoms with Gasteiger partial charge in [-0.05, 0) is 23.8 Å². The van der Waals surface area contributed by atoms with Crippen molar-refractivity contribution in [2.45, 2.75) is 12.0 Å². The fourth-order valence-electron chi connectivity index (χ4n) is 5.43. The Morgan fingerprint density at radius 2 is 1.69 bits per heavy atom. The van der Waals surface area contributed by atoms with Gasteiger partial charge >= 0.3 is 0 Å². The number of hydrogen-bond acceptors (Lipinski definition) is 5. The highest BCUT2D eigenvalue weighted by molar-refractivity contribution is 6.32. The van der Waals surface area contributed by atoms with Gasteiger partial charge in [-0.25, -0.2) is 0 Å². The van der Waals surface area contributed by atoms with Crippen molar-refractivity contribution in [3.05, 3.63) is 88.6 Å². The molecule has 0 aliphatic carbocycles. The number of hydrogen-bond donors (Lipinski definition) is 1. The molecule has 8 nitrogen and oxygen atoms in total. The molecule has 2 atom stereocenters. The highest BCUT2D eigenvalue weighted by Gasteiger charge is 2.45. The summed E-state index contributed by atoms with van der Waals surface area (Å²) in [5, 5.41) is 4.34. The number of nitrogens with one attached hydrogen (secondary N) is 1. The molecule has 2 unspecified atom stereocenters. The van der Waals surface area contributed by atoms with E-state index < -0.39 is 12.0 Å². The van der Waals surface area contributed by atoms with Crippen LogP contribution in [0.4, 0.5) is 5.69 Å². The molecule has 0 spiro atoms. The number of carbonyl (C=O) groups is 2. The molecule has 0 fully saturated rings. The highest BCUT2D eigenvalue weighted by atomic mass is 35.5. The lowest BCUT2D eigenvalue weighted by Gasteiger charge is -2.41. The number of amides is 2. The second kappa shape index (κ2) is 11.0. The molecule has 2 heterocycles. The molecule has 0 bridgehead atoms. The Morgan fingerprint density at radius 1 is 0.974 bits per heavy atom. The fourth-order valence-corrected chi connectivity index (χ4v) is 5.67. The van der Waals surface area contributed by atoms with Gasteiger partial charge in [0.1, 0.15) is 11.5 Å². The summed E-state index contributed by atoms with van der Waals surface area (Å²) in [5.74, 6) is -0.334. The van der Waals surface area contributed by atoms with E-state index in [4.69, 9.17) is 25.8 Å². The Kier molecular flexibility index (Phi) is 7.50. The summed E-state index contributed by atoms with van der Waals surface area (Å²) >= 11 is 6.40. The Labute approximate surface area is 232 Å². The maximum Gasteiger partial charge on any atom is 0.254 e.